The SMILES string of the molecule is CN(CC(O)COc1cccc(Br)c1)C(=O)OC(C)(C)C.CN(CC(O)COc1cccc(Br)c1)C(=O)OC(C)(C)C. The molecule has 12 heteroatoms. The number of rotatable bonds is 10. The molecule has 0 aliphatic carbocycles. The zero-order valence-corrected chi connectivity index (χ0v) is 28.8. The van der Waals surface area contributed by atoms with Crippen LogP contribution >= 0.6 is 31.9 Å². The number of ether oxygens (including phenoxy) is 4. The monoisotopic (exact) mass is 718 g/mol. The third-order valence-electron chi connectivity index (χ3n) is 4.86. The van der Waals surface area contributed by atoms with Crippen molar-refractivity contribution < 1.29 is 38.7 Å². The summed E-state index contributed by atoms with van der Waals surface area (Å²) < 4.78 is 23.2. The second-order valence-corrected chi connectivity index (χ2v) is 13.4. The van der Waals surface area contributed by atoms with E-state index >= 15 is 0 Å². The average Bonchev–Trinajstić information content (AvgIpc) is 2.84. The Hall–Kier alpha value is -2.54. The Morgan fingerprint density at radius 2 is 1.05 bits per heavy atom. The number of amides is 2. The number of carbonyl (C=O) groups excluding carboxylic acids is 2. The molecule has 0 aromatic heterocycles. The third-order valence-corrected chi connectivity index (χ3v) is 5.84. The summed E-state index contributed by atoms with van der Waals surface area (Å²) in [5, 5.41) is 19.8. The van der Waals surface area contributed by atoms with E-state index in [-0.39, 0.29) is 26.3 Å². The van der Waals surface area contributed by atoms with Crippen molar-refractivity contribution in [2.45, 2.75) is 65.0 Å². The fourth-order valence-electron chi connectivity index (χ4n) is 3.06. The van der Waals surface area contributed by atoms with Crippen LogP contribution in [0.15, 0.2) is 57.5 Å². The van der Waals surface area contributed by atoms with Crippen molar-refractivity contribution >= 4 is 44.0 Å². The van der Waals surface area contributed by atoms with Crippen LogP contribution in [0.4, 0.5) is 9.59 Å². The molecule has 2 atom stereocenters. The smallest absolute Gasteiger partial charge is 0.410 e. The highest BCUT2D eigenvalue weighted by Gasteiger charge is 2.22. The molecule has 0 aliphatic rings. The number of aliphatic hydroxyl groups excluding tert-OH is 2. The number of likely N-dealkylation sites (N-methyl/N-ethyl adjacent to an activating group) is 2. The van der Waals surface area contributed by atoms with Crippen molar-refractivity contribution in [3.8, 4) is 11.5 Å². The van der Waals surface area contributed by atoms with E-state index in [1.807, 2.05) is 36.4 Å². The topological polar surface area (TPSA) is 118 Å². The van der Waals surface area contributed by atoms with Gasteiger partial charge in [0.2, 0.25) is 0 Å². The maximum absolute atomic E-state index is 11.8. The van der Waals surface area contributed by atoms with E-state index in [4.69, 9.17) is 18.9 Å². The lowest BCUT2D eigenvalue weighted by atomic mass is 10.2. The molecule has 2 N–H and O–H groups in total. The minimum absolute atomic E-state index is 0.101. The van der Waals surface area contributed by atoms with Crippen LogP contribution in [0.25, 0.3) is 0 Å². The molecule has 0 fully saturated rings. The molecule has 42 heavy (non-hydrogen) atoms. The van der Waals surface area contributed by atoms with Crippen molar-refractivity contribution in [3.63, 3.8) is 0 Å². The molecule has 0 heterocycles. The fraction of sp³-hybridized carbons (Fsp3) is 0.533. The predicted octanol–water partition coefficient (Wildman–Crippen LogP) is 6.11. The van der Waals surface area contributed by atoms with Crippen molar-refractivity contribution in [1.29, 1.82) is 0 Å². The first-order valence-electron chi connectivity index (χ1n) is 13.4. The summed E-state index contributed by atoms with van der Waals surface area (Å²) in [6.07, 6.45) is -2.52. The maximum Gasteiger partial charge on any atom is 0.410 e. The Kier molecular flexibility index (Phi) is 15.7. The van der Waals surface area contributed by atoms with E-state index in [1.165, 1.54) is 9.80 Å². The summed E-state index contributed by atoms with van der Waals surface area (Å²) in [6, 6.07) is 14.7. The molecule has 10 nitrogen and oxygen atoms in total. The highest BCUT2D eigenvalue weighted by molar-refractivity contribution is 9.10. The average molecular weight is 720 g/mol. The van der Waals surface area contributed by atoms with Gasteiger partial charge in [-0.25, -0.2) is 9.59 Å². The molecule has 2 aromatic rings. The summed E-state index contributed by atoms with van der Waals surface area (Å²) in [5.74, 6) is 1.31. The summed E-state index contributed by atoms with van der Waals surface area (Å²) in [5.41, 5.74) is -1.10. The Bertz CT molecular complexity index is 1030. The maximum atomic E-state index is 11.8. The molecule has 2 unspecified atom stereocenters. The van der Waals surface area contributed by atoms with Gasteiger partial charge in [-0.05, 0) is 77.9 Å². The second-order valence-electron chi connectivity index (χ2n) is 11.6. The van der Waals surface area contributed by atoms with E-state index in [9.17, 15) is 19.8 Å². The van der Waals surface area contributed by atoms with Crippen LogP contribution < -0.4 is 9.47 Å². The Labute approximate surface area is 266 Å². The zero-order valence-electron chi connectivity index (χ0n) is 25.6. The molecule has 0 bridgehead atoms. The lowest BCUT2D eigenvalue weighted by Crippen LogP contribution is -2.40. The highest BCUT2D eigenvalue weighted by atomic mass is 79.9. The standard InChI is InChI=1S/2C15H22BrNO4/c2*1-15(2,3)21-14(19)17(4)9-12(18)10-20-13-7-5-6-11(16)8-13/h2*5-8,12,18H,9-10H2,1-4H3. The van der Waals surface area contributed by atoms with Crippen LogP contribution in [0.1, 0.15) is 41.5 Å². The van der Waals surface area contributed by atoms with Gasteiger partial charge in [0.15, 0.2) is 0 Å². The Morgan fingerprint density at radius 3 is 1.33 bits per heavy atom. The van der Waals surface area contributed by atoms with E-state index in [1.54, 1.807) is 67.8 Å². The van der Waals surface area contributed by atoms with E-state index in [0.717, 1.165) is 8.95 Å². The number of hydrogen-bond donors (Lipinski definition) is 2. The number of halogens is 2. The molecule has 2 aromatic carbocycles. The number of aliphatic hydroxyl groups is 2. The molecular weight excluding hydrogens is 676 g/mol. The van der Waals surface area contributed by atoms with Gasteiger partial charge in [-0.15, -0.1) is 0 Å². The molecule has 0 saturated heterocycles. The largest absolute Gasteiger partial charge is 0.491 e. The van der Waals surface area contributed by atoms with Crippen molar-refractivity contribution in [2.24, 2.45) is 0 Å². The van der Waals surface area contributed by atoms with Gasteiger partial charge in [0.1, 0.15) is 48.1 Å². The van der Waals surface area contributed by atoms with Crippen LogP contribution in [-0.2, 0) is 9.47 Å². The number of benzene rings is 2. The molecule has 0 radical (unpaired) electrons. The van der Waals surface area contributed by atoms with Gasteiger partial charge >= 0.3 is 12.2 Å². The number of carbonyl (C=O) groups is 2. The van der Waals surface area contributed by atoms with Crippen LogP contribution in [0.2, 0.25) is 0 Å². The summed E-state index contributed by atoms with van der Waals surface area (Å²) in [4.78, 5) is 26.2. The number of nitrogens with zero attached hydrogens (tertiary/aromatic N) is 2. The fourth-order valence-corrected chi connectivity index (χ4v) is 3.82. The van der Waals surface area contributed by atoms with E-state index in [0.29, 0.717) is 11.5 Å². The predicted molar refractivity (Wildman–Crippen MR) is 169 cm³/mol. The van der Waals surface area contributed by atoms with E-state index < -0.39 is 35.6 Å². The lowest BCUT2D eigenvalue weighted by Gasteiger charge is -2.26. The van der Waals surface area contributed by atoms with Gasteiger partial charge in [-0.2, -0.15) is 0 Å². The summed E-state index contributed by atoms with van der Waals surface area (Å²) in [7, 11) is 3.16. The third kappa shape index (κ3) is 17.4. The first kappa shape index (κ1) is 37.5. The molecule has 236 valence electrons. The van der Waals surface area contributed by atoms with Gasteiger partial charge in [-0.3, -0.25) is 0 Å². The highest BCUT2D eigenvalue weighted by Crippen LogP contribution is 2.19. The molecule has 0 saturated carbocycles. The minimum atomic E-state index is -0.790. The van der Waals surface area contributed by atoms with Crippen molar-refractivity contribution in [2.75, 3.05) is 40.4 Å². The second kappa shape index (κ2) is 17.5. The molecule has 2 amide bonds. The molecule has 0 spiro atoms. The first-order valence-corrected chi connectivity index (χ1v) is 14.9. The lowest BCUT2D eigenvalue weighted by molar-refractivity contribution is 0.0149. The van der Waals surface area contributed by atoms with Crippen LogP contribution in [0, 0.1) is 0 Å². The van der Waals surface area contributed by atoms with E-state index in [2.05, 4.69) is 31.9 Å². The minimum Gasteiger partial charge on any atom is -0.491 e. The molecule has 2 rings (SSSR count). The zero-order chi connectivity index (χ0) is 32.1. The molecule has 0 aliphatic heterocycles. The van der Waals surface area contributed by atoms with Crippen molar-refractivity contribution in [1.82, 2.24) is 9.80 Å². The van der Waals surface area contributed by atoms with Gasteiger partial charge in [0.05, 0.1) is 13.1 Å². The van der Waals surface area contributed by atoms with Gasteiger partial charge in [-0.1, -0.05) is 44.0 Å². The van der Waals surface area contributed by atoms with Crippen LogP contribution in [0.5, 0.6) is 11.5 Å². The van der Waals surface area contributed by atoms with Crippen LogP contribution in [-0.4, -0.2) is 96.0 Å². The Morgan fingerprint density at radius 1 is 0.714 bits per heavy atom. The molecular formula is C30H44Br2N2O8. The summed E-state index contributed by atoms with van der Waals surface area (Å²) >= 11 is 6.69. The van der Waals surface area contributed by atoms with Gasteiger partial charge in [0, 0.05) is 23.0 Å². The van der Waals surface area contributed by atoms with Gasteiger partial charge < -0.3 is 39.0 Å². The quantitative estimate of drug-likeness (QED) is 0.302. The van der Waals surface area contributed by atoms with Crippen LogP contribution in [0.3, 0.4) is 0 Å². The van der Waals surface area contributed by atoms with Crippen molar-refractivity contribution in [3.05, 3.63) is 57.5 Å². The summed E-state index contributed by atoms with van der Waals surface area (Å²) in [6.45, 7) is 11.3. The normalized spacial score (nSPS) is 12.7. The Balaban J connectivity index is 0.000000420. The first-order chi connectivity index (χ1) is 19.3. The van der Waals surface area contributed by atoms with Gasteiger partial charge in [0.25, 0.3) is 0 Å². The number of hydrogen-bond acceptors (Lipinski definition) is 8.